The molecule has 0 atom stereocenters. The Morgan fingerprint density at radius 1 is 0.955 bits per heavy atom. The number of halogens is 3. The van der Waals surface area contributed by atoms with E-state index in [0.29, 0.717) is 6.08 Å². The maximum Gasteiger partial charge on any atom is 0.400 e. The quantitative estimate of drug-likeness (QED) is 0.125. The number of ketones is 1. The van der Waals surface area contributed by atoms with E-state index in [1.165, 1.54) is 33.0 Å². The summed E-state index contributed by atoms with van der Waals surface area (Å²) in [5.74, 6) is -1.39. The number of hydrogen-bond donors (Lipinski definition) is 1. The number of carbonyl (C=O) groups excluding carboxylic acids is 1. The number of carbonyl (C=O) groups is 1. The van der Waals surface area contributed by atoms with Crippen molar-refractivity contribution in [3.8, 4) is 11.3 Å². The molecule has 44 heavy (non-hydrogen) atoms. The van der Waals surface area contributed by atoms with Crippen LogP contribution in [0.5, 0.6) is 0 Å². The van der Waals surface area contributed by atoms with Crippen LogP contribution < -0.4 is 0 Å². The molecule has 0 fully saturated rings. The van der Waals surface area contributed by atoms with E-state index >= 15 is 0 Å². The summed E-state index contributed by atoms with van der Waals surface area (Å²) >= 11 is 0. The molecule has 0 amide bonds. The smallest absolute Gasteiger partial charge is 0.400 e. The summed E-state index contributed by atoms with van der Waals surface area (Å²) in [7, 11) is 0. The van der Waals surface area contributed by atoms with E-state index in [0.717, 1.165) is 36.0 Å². The number of alkyl halides is 3. The third kappa shape index (κ3) is 8.57. The molecule has 0 aliphatic heterocycles. The number of pyridine rings is 1. The molecule has 0 spiro atoms. The van der Waals surface area contributed by atoms with E-state index in [1.807, 2.05) is 0 Å². The van der Waals surface area contributed by atoms with Gasteiger partial charge < -0.3 is 5.11 Å². The van der Waals surface area contributed by atoms with E-state index in [9.17, 15) is 23.1 Å². The van der Waals surface area contributed by atoms with E-state index in [1.54, 1.807) is 13.8 Å². The summed E-state index contributed by atoms with van der Waals surface area (Å²) in [6, 6.07) is 21.1. The van der Waals surface area contributed by atoms with Gasteiger partial charge in [0, 0.05) is 43.7 Å². The molecule has 1 radical (unpaired) electrons. The Bertz CT molecular complexity index is 1680. The molecular formula is C37H43F3IrNO2-. The molecule has 4 rings (SSSR count). The Morgan fingerprint density at radius 2 is 1.55 bits per heavy atom. The van der Waals surface area contributed by atoms with Gasteiger partial charge in [-0.25, -0.2) is 0 Å². The van der Waals surface area contributed by atoms with Gasteiger partial charge in [0.15, 0.2) is 5.78 Å². The second-order valence-corrected chi connectivity index (χ2v) is 13.4. The van der Waals surface area contributed by atoms with Crippen molar-refractivity contribution in [2.45, 2.75) is 87.2 Å². The average Bonchev–Trinajstić information content (AvgIpc) is 2.85. The number of allylic oxidation sites excluding steroid dienone is 2. The predicted molar refractivity (Wildman–Crippen MR) is 171 cm³/mol. The zero-order valence-corrected chi connectivity index (χ0v) is 29.6. The van der Waals surface area contributed by atoms with Gasteiger partial charge in [-0.1, -0.05) is 75.9 Å². The Labute approximate surface area is 273 Å². The Balaban J connectivity index is 0.000000345. The van der Waals surface area contributed by atoms with Crippen molar-refractivity contribution in [3.63, 3.8) is 0 Å². The van der Waals surface area contributed by atoms with Crippen LogP contribution in [0, 0.1) is 38.2 Å². The molecule has 0 aliphatic rings. The van der Waals surface area contributed by atoms with Crippen LogP contribution in [0.2, 0.25) is 0 Å². The van der Waals surface area contributed by atoms with Crippen molar-refractivity contribution in [2.24, 2.45) is 11.3 Å². The van der Waals surface area contributed by atoms with E-state index in [-0.39, 0.29) is 37.9 Å². The first-order valence-electron chi connectivity index (χ1n) is 14.6. The van der Waals surface area contributed by atoms with E-state index in [4.69, 9.17) is 4.98 Å². The van der Waals surface area contributed by atoms with Gasteiger partial charge in [-0.2, -0.15) is 13.2 Å². The van der Waals surface area contributed by atoms with Gasteiger partial charge in [0.2, 0.25) is 0 Å². The topological polar surface area (TPSA) is 50.2 Å². The molecule has 0 bridgehead atoms. The Hall–Kier alpha value is -3.02. The van der Waals surface area contributed by atoms with Crippen molar-refractivity contribution in [1.82, 2.24) is 4.98 Å². The largest absolute Gasteiger partial charge is 0.511 e. The monoisotopic (exact) mass is 783 g/mol. The first kappa shape index (κ1) is 37.2. The number of nitrogens with zero attached hydrogens (tertiary/aromatic N) is 1. The number of benzene rings is 3. The van der Waals surface area contributed by atoms with Crippen LogP contribution in [0.15, 0.2) is 60.4 Å². The van der Waals surface area contributed by atoms with Crippen LogP contribution >= 0.6 is 0 Å². The number of rotatable bonds is 5. The summed E-state index contributed by atoms with van der Waals surface area (Å²) < 4.78 is 37.5. The summed E-state index contributed by atoms with van der Waals surface area (Å²) in [6.45, 7) is 18.5. The Morgan fingerprint density at radius 3 is 2.11 bits per heavy atom. The van der Waals surface area contributed by atoms with Gasteiger partial charge in [-0.3, -0.25) is 9.78 Å². The molecular weight excluding hydrogens is 740 g/mol. The first-order valence-corrected chi connectivity index (χ1v) is 14.6. The van der Waals surface area contributed by atoms with Gasteiger partial charge in [-0.05, 0) is 68.7 Å². The Kier molecular flexibility index (Phi) is 11.8. The van der Waals surface area contributed by atoms with Crippen LogP contribution in [0.4, 0.5) is 13.2 Å². The molecule has 0 aliphatic carbocycles. The van der Waals surface area contributed by atoms with Gasteiger partial charge in [-0.15, -0.1) is 29.1 Å². The molecule has 1 N–H and O–H groups in total. The van der Waals surface area contributed by atoms with Crippen LogP contribution in [-0.2, 0) is 30.3 Å². The third-order valence-corrected chi connectivity index (χ3v) is 7.56. The predicted octanol–water partition coefficient (Wildman–Crippen LogP) is 10.7. The molecule has 1 aromatic heterocycles. The fraction of sp³-hybridized carbons (Fsp3) is 0.405. The first-order chi connectivity index (χ1) is 19.7. The van der Waals surface area contributed by atoms with Crippen LogP contribution in [0.3, 0.4) is 0 Å². The van der Waals surface area contributed by atoms with Crippen molar-refractivity contribution >= 4 is 27.5 Å². The molecule has 4 aromatic rings. The normalized spacial score (nSPS) is 12.6. The zero-order valence-electron chi connectivity index (χ0n) is 27.3. The minimum Gasteiger partial charge on any atom is -0.511 e. The van der Waals surface area contributed by atoms with Crippen molar-refractivity contribution in [2.75, 3.05) is 0 Å². The summed E-state index contributed by atoms with van der Waals surface area (Å²) in [5, 5.41) is 13.0. The second kappa shape index (κ2) is 14.0. The zero-order chi connectivity index (χ0) is 32.5. The van der Waals surface area contributed by atoms with E-state index in [2.05, 4.69) is 96.1 Å². The molecule has 3 aromatic carbocycles. The van der Waals surface area contributed by atoms with Crippen molar-refractivity contribution in [3.05, 3.63) is 88.7 Å². The molecule has 7 heteroatoms. The maximum absolute atomic E-state index is 12.5. The van der Waals surface area contributed by atoms with Gasteiger partial charge in [0.05, 0.1) is 5.52 Å². The standard InChI is InChI=1S/C26H26N.C11H17F3O2.Ir/c1-16-11-17(2)25-18(3)13-23(27-24(25)12-16)20-14-19-9-7-8-10-21(19)22(15-20)26(4,5)6;1-7(2)5-8(15)6-9(16)10(3,4)11(12,13)14;/h7-13,15H,1-6H3;6-7,16H,5H2,1-4H3;/q-1;;/b;9-6-;. The van der Waals surface area contributed by atoms with Crippen molar-refractivity contribution < 1.29 is 43.2 Å². The van der Waals surface area contributed by atoms with Crippen LogP contribution in [0.1, 0.15) is 77.1 Å². The number of aliphatic hydroxyl groups is 1. The third-order valence-electron chi connectivity index (χ3n) is 7.56. The van der Waals surface area contributed by atoms with Gasteiger partial charge >= 0.3 is 6.18 Å². The molecule has 0 saturated heterocycles. The van der Waals surface area contributed by atoms with Crippen LogP contribution in [-0.4, -0.2) is 22.1 Å². The summed E-state index contributed by atoms with van der Waals surface area (Å²) in [4.78, 5) is 16.3. The number of aryl methyl sites for hydroxylation is 3. The summed E-state index contributed by atoms with van der Waals surface area (Å²) in [5.41, 5.74) is 5.97. The average molecular weight is 783 g/mol. The fourth-order valence-electron chi connectivity index (χ4n) is 5.05. The SMILES string of the molecule is CC(C)CC(=O)/C=C(\O)C(C)(C)C(F)(F)F.Cc1cc(C)c2c(C)cc(-c3[c-]c4ccccc4c(C(C)(C)C)c3)nc2c1.[Ir]. The molecule has 239 valence electrons. The van der Waals surface area contributed by atoms with Crippen LogP contribution in [0.25, 0.3) is 32.9 Å². The van der Waals surface area contributed by atoms with Gasteiger partial charge in [0.1, 0.15) is 11.2 Å². The van der Waals surface area contributed by atoms with Gasteiger partial charge in [0.25, 0.3) is 0 Å². The number of aliphatic hydroxyl groups excluding tert-OH is 1. The second-order valence-electron chi connectivity index (χ2n) is 13.4. The molecule has 0 unspecified atom stereocenters. The minimum absolute atomic E-state index is 0. The maximum atomic E-state index is 12.5. The molecule has 0 saturated carbocycles. The van der Waals surface area contributed by atoms with Crippen molar-refractivity contribution in [1.29, 1.82) is 0 Å². The fourth-order valence-corrected chi connectivity index (χ4v) is 5.05. The number of hydrogen-bond acceptors (Lipinski definition) is 3. The number of aromatic nitrogens is 1. The minimum atomic E-state index is -4.58. The number of fused-ring (bicyclic) bond motifs is 2. The van der Waals surface area contributed by atoms with E-state index < -0.39 is 23.1 Å². The molecule has 3 nitrogen and oxygen atoms in total. The molecule has 1 heterocycles. The summed E-state index contributed by atoms with van der Waals surface area (Å²) in [6.07, 6.45) is -3.78.